The van der Waals surface area contributed by atoms with Crippen LogP contribution in [0.25, 0.3) is 0 Å². The van der Waals surface area contributed by atoms with E-state index in [4.69, 9.17) is 0 Å². The molecule has 1 atom stereocenters. The monoisotopic (exact) mass is 330 g/mol. The van der Waals surface area contributed by atoms with Crippen LogP contribution < -0.4 is 5.32 Å². The smallest absolute Gasteiger partial charge is 0.317 e. The Kier molecular flexibility index (Phi) is 4.82. The topological polar surface area (TPSA) is 58.1 Å². The predicted molar refractivity (Wildman–Crippen MR) is 75.5 cm³/mol. The van der Waals surface area contributed by atoms with Gasteiger partial charge in [0.15, 0.2) is 0 Å². The van der Waals surface area contributed by atoms with Crippen LogP contribution in [-0.4, -0.2) is 45.5 Å². The van der Waals surface area contributed by atoms with Crippen molar-refractivity contribution in [1.82, 2.24) is 20.2 Å². The minimum Gasteiger partial charge on any atom is -0.332 e. The van der Waals surface area contributed by atoms with Crippen molar-refractivity contribution < 1.29 is 4.79 Å². The fraction of sp³-hybridized carbons (Fsp3) is 0.545. The molecule has 0 radical (unpaired) electrons. The second-order valence-corrected chi connectivity index (χ2v) is 6.08. The molecule has 5 nitrogen and oxygen atoms in total. The maximum atomic E-state index is 11.9. The summed E-state index contributed by atoms with van der Waals surface area (Å²) in [6.45, 7) is 0.406. The largest absolute Gasteiger partial charge is 0.332 e. The van der Waals surface area contributed by atoms with Crippen LogP contribution in [0.1, 0.15) is 12.1 Å². The highest BCUT2D eigenvalue weighted by atomic mass is 79.9. The molecule has 0 bridgehead atoms. The summed E-state index contributed by atoms with van der Waals surface area (Å²) in [7, 11) is 1.85. The van der Waals surface area contributed by atoms with Crippen LogP contribution in [0.4, 0.5) is 4.79 Å². The van der Waals surface area contributed by atoms with E-state index >= 15 is 0 Å². The summed E-state index contributed by atoms with van der Waals surface area (Å²) in [6, 6.07) is 0.304. The van der Waals surface area contributed by atoms with Crippen LogP contribution in [0.3, 0.4) is 0 Å². The first kappa shape index (κ1) is 13.6. The Morgan fingerprint density at radius 1 is 1.61 bits per heavy atom. The molecule has 2 heterocycles. The highest BCUT2D eigenvalue weighted by Crippen LogP contribution is 2.21. The number of carbonyl (C=O) groups excluding carboxylic acids is 1. The molecule has 0 unspecified atom stereocenters. The van der Waals surface area contributed by atoms with E-state index in [0.717, 1.165) is 23.6 Å². The minimum atomic E-state index is -0.0489. The van der Waals surface area contributed by atoms with Crippen molar-refractivity contribution in [3.05, 3.63) is 22.7 Å². The van der Waals surface area contributed by atoms with Crippen molar-refractivity contribution in [3.63, 3.8) is 0 Å². The molecule has 18 heavy (non-hydrogen) atoms. The molecule has 7 heteroatoms. The summed E-state index contributed by atoms with van der Waals surface area (Å²) in [5.41, 5.74) is 0.751. The third-order valence-electron chi connectivity index (χ3n) is 2.87. The molecule has 1 N–H and O–H groups in total. The van der Waals surface area contributed by atoms with Crippen LogP contribution in [0.15, 0.2) is 17.0 Å². The van der Waals surface area contributed by atoms with Gasteiger partial charge in [0.1, 0.15) is 4.60 Å². The van der Waals surface area contributed by atoms with Crippen LogP contribution in [0, 0.1) is 0 Å². The first-order valence-electron chi connectivity index (χ1n) is 5.71. The lowest BCUT2D eigenvalue weighted by molar-refractivity contribution is 0.194. The number of carbonyl (C=O) groups is 1. The van der Waals surface area contributed by atoms with Crippen molar-refractivity contribution in [2.75, 3.05) is 18.6 Å². The zero-order valence-electron chi connectivity index (χ0n) is 10.1. The lowest BCUT2D eigenvalue weighted by Gasteiger charge is -2.23. The van der Waals surface area contributed by atoms with Gasteiger partial charge in [-0.3, -0.25) is 4.98 Å². The standard InChI is InChI=1S/C11H15BrN4OS/c1-16(9-2-3-18-7-9)11(17)15-5-8-4-14-10(12)6-13-8/h4,6,9H,2-3,5,7H2,1H3,(H,15,17)/t9-/m1/s1. The van der Waals surface area contributed by atoms with Gasteiger partial charge in [-0.15, -0.1) is 0 Å². The maximum Gasteiger partial charge on any atom is 0.317 e. The van der Waals surface area contributed by atoms with Crippen molar-refractivity contribution in [1.29, 1.82) is 0 Å². The number of hydrogen-bond acceptors (Lipinski definition) is 4. The first-order valence-corrected chi connectivity index (χ1v) is 7.66. The van der Waals surface area contributed by atoms with Crippen molar-refractivity contribution in [2.24, 2.45) is 0 Å². The summed E-state index contributed by atoms with van der Waals surface area (Å²) in [5, 5.41) is 2.85. The molecule has 1 aromatic rings. The van der Waals surface area contributed by atoms with Gasteiger partial charge >= 0.3 is 6.03 Å². The maximum absolute atomic E-state index is 11.9. The van der Waals surface area contributed by atoms with Gasteiger partial charge < -0.3 is 10.2 Å². The Morgan fingerprint density at radius 2 is 2.44 bits per heavy atom. The van der Waals surface area contributed by atoms with Crippen LogP contribution >= 0.6 is 27.7 Å². The van der Waals surface area contributed by atoms with Gasteiger partial charge in [-0.1, -0.05) is 0 Å². The lowest BCUT2D eigenvalue weighted by atomic mass is 10.2. The molecule has 0 saturated carbocycles. The second kappa shape index (κ2) is 6.38. The van der Waals surface area contributed by atoms with Crippen molar-refractivity contribution in [3.8, 4) is 0 Å². The lowest BCUT2D eigenvalue weighted by Crippen LogP contribution is -2.43. The Hall–Kier alpha value is -0.820. The molecule has 1 aliphatic heterocycles. The molecule has 2 rings (SSSR count). The Balaban J connectivity index is 1.82. The predicted octanol–water partition coefficient (Wildman–Crippen LogP) is 1.89. The summed E-state index contributed by atoms with van der Waals surface area (Å²) < 4.78 is 0.692. The number of aromatic nitrogens is 2. The Bertz CT molecular complexity index is 408. The molecule has 0 aliphatic carbocycles. The highest BCUT2D eigenvalue weighted by Gasteiger charge is 2.23. The fourth-order valence-corrected chi connectivity index (χ4v) is 3.19. The second-order valence-electron chi connectivity index (χ2n) is 4.12. The fourth-order valence-electron chi connectivity index (χ4n) is 1.71. The molecule has 1 fully saturated rings. The average molecular weight is 331 g/mol. The molecule has 1 saturated heterocycles. The van der Waals surface area contributed by atoms with Gasteiger partial charge in [0.05, 0.1) is 24.6 Å². The van der Waals surface area contributed by atoms with E-state index in [2.05, 4.69) is 31.2 Å². The number of hydrogen-bond donors (Lipinski definition) is 1. The Labute approximate surface area is 119 Å². The number of urea groups is 1. The summed E-state index contributed by atoms with van der Waals surface area (Å²) in [4.78, 5) is 21.9. The van der Waals surface area contributed by atoms with E-state index in [0.29, 0.717) is 17.2 Å². The minimum absolute atomic E-state index is 0.0489. The normalized spacial score (nSPS) is 18.7. The summed E-state index contributed by atoms with van der Waals surface area (Å²) in [5.74, 6) is 2.17. The summed E-state index contributed by atoms with van der Waals surface area (Å²) >= 11 is 5.12. The molecular weight excluding hydrogens is 316 g/mol. The molecule has 1 aliphatic rings. The highest BCUT2D eigenvalue weighted by molar-refractivity contribution is 9.10. The molecular formula is C11H15BrN4OS. The van der Waals surface area contributed by atoms with Crippen molar-refractivity contribution in [2.45, 2.75) is 19.0 Å². The molecule has 1 aromatic heterocycles. The van der Waals surface area contributed by atoms with Crippen LogP contribution in [-0.2, 0) is 6.54 Å². The van der Waals surface area contributed by atoms with Gasteiger partial charge in [-0.2, -0.15) is 11.8 Å². The van der Waals surface area contributed by atoms with Gasteiger partial charge in [-0.05, 0) is 28.1 Å². The van der Waals surface area contributed by atoms with E-state index < -0.39 is 0 Å². The third kappa shape index (κ3) is 3.58. The van der Waals surface area contributed by atoms with E-state index in [-0.39, 0.29) is 6.03 Å². The van der Waals surface area contributed by atoms with E-state index in [1.807, 2.05) is 18.8 Å². The zero-order chi connectivity index (χ0) is 13.0. The molecule has 0 spiro atoms. The van der Waals surface area contributed by atoms with Gasteiger partial charge in [0, 0.05) is 18.8 Å². The summed E-state index contributed by atoms with van der Waals surface area (Å²) in [6.07, 6.45) is 4.35. The number of thioether (sulfide) groups is 1. The van der Waals surface area contributed by atoms with Crippen LogP contribution in [0.2, 0.25) is 0 Å². The van der Waals surface area contributed by atoms with E-state index in [1.165, 1.54) is 0 Å². The SMILES string of the molecule is CN(C(=O)NCc1cnc(Br)cn1)[C@@H]1CCSC1. The number of nitrogens with zero attached hydrogens (tertiary/aromatic N) is 3. The number of halogens is 1. The molecule has 2 amide bonds. The van der Waals surface area contributed by atoms with Gasteiger partial charge in [0.2, 0.25) is 0 Å². The average Bonchev–Trinajstić information content (AvgIpc) is 2.90. The number of rotatable bonds is 3. The number of nitrogens with one attached hydrogen (secondary N) is 1. The van der Waals surface area contributed by atoms with Crippen molar-refractivity contribution >= 4 is 33.7 Å². The zero-order valence-corrected chi connectivity index (χ0v) is 12.5. The quantitative estimate of drug-likeness (QED) is 0.919. The number of amides is 2. The van der Waals surface area contributed by atoms with Crippen LogP contribution in [0.5, 0.6) is 0 Å². The third-order valence-corrected chi connectivity index (χ3v) is 4.42. The molecule has 0 aromatic carbocycles. The van der Waals surface area contributed by atoms with Gasteiger partial charge in [-0.25, -0.2) is 9.78 Å². The first-order chi connectivity index (χ1) is 8.66. The van der Waals surface area contributed by atoms with E-state index in [1.54, 1.807) is 17.3 Å². The Morgan fingerprint density at radius 3 is 3.06 bits per heavy atom. The molecule has 98 valence electrons. The van der Waals surface area contributed by atoms with Gasteiger partial charge in [0.25, 0.3) is 0 Å². The van der Waals surface area contributed by atoms with E-state index in [9.17, 15) is 4.79 Å².